The van der Waals surface area contributed by atoms with Gasteiger partial charge >= 0.3 is 0 Å². The van der Waals surface area contributed by atoms with Crippen molar-refractivity contribution in [2.45, 2.75) is 71.9 Å². The summed E-state index contributed by atoms with van der Waals surface area (Å²) < 4.78 is 0. The van der Waals surface area contributed by atoms with Gasteiger partial charge in [0.05, 0.1) is 0 Å². The Morgan fingerprint density at radius 3 is 2.06 bits per heavy atom. The minimum atomic E-state index is 0.272. The maximum Gasteiger partial charge on any atom is 0.0308 e. The predicted molar refractivity (Wildman–Crippen MR) is 76.4 cm³/mol. The highest BCUT2D eigenvalue weighted by Crippen LogP contribution is 2.34. The third kappa shape index (κ3) is 3.45. The SMILES string of the molecule is CCNC(C1CCCC1)C(C)(C)N(CC)CC. The van der Waals surface area contributed by atoms with Gasteiger partial charge < -0.3 is 5.32 Å². The molecule has 1 fully saturated rings. The summed E-state index contributed by atoms with van der Waals surface area (Å²) >= 11 is 0. The molecule has 0 saturated heterocycles. The zero-order chi connectivity index (χ0) is 12.9. The van der Waals surface area contributed by atoms with Crippen molar-refractivity contribution in [3.63, 3.8) is 0 Å². The lowest BCUT2D eigenvalue weighted by molar-refractivity contribution is 0.0664. The van der Waals surface area contributed by atoms with Crippen LogP contribution < -0.4 is 5.32 Å². The van der Waals surface area contributed by atoms with Gasteiger partial charge in [-0.3, -0.25) is 4.90 Å². The monoisotopic (exact) mass is 240 g/mol. The van der Waals surface area contributed by atoms with E-state index in [0.717, 1.165) is 25.6 Å². The summed E-state index contributed by atoms with van der Waals surface area (Å²) in [6.45, 7) is 15.0. The Kier molecular flexibility index (Phi) is 5.94. The van der Waals surface area contributed by atoms with Gasteiger partial charge in [0.2, 0.25) is 0 Å². The molecule has 2 heteroatoms. The molecule has 1 unspecified atom stereocenters. The smallest absolute Gasteiger partial charge is 0.0308 e. The Morgan fingerprint density at radius 2 is 1.65 bits per heavy atom. The zero-order valence-corrected chi connectivity index (χ0v) is 12.6. The Bertz CT molecular complexity index is 203. The summed E-state index contributed by atoms with van der Waals surface area (Å²) in [6, 6.07) is 0.648. The second-order valence-electron chi connectivity index (χ2n) is 5.91. The second kappa shape index (κ2) is 6.75. The molecule has 2 nitrogen and oxygen atoms in total. The highest BCUT2D eigenvalue weighted by atomic mass is 15.2. The topological polar surface area (TPSA) is 15.3 Å². The molecule has 0 bridgehead atoms. The van der Waals surface area contributed by atoms with Crippen LogP contribution in [0.15, 0.2) is 0 Å². The van der Waals surface area contributed by atoms with Crippen LogP contribution in [-0.2, 0) is 0 Å². The van der Waals surface area contributed by atoms with Crippen LogP contribution in [0, 0.1) is 5.92 Å². The molecule has 1 atom stereocenters. The Hall–Kier alpha value is -0.0800. The second-order valence-corrected chi connectivity index (χ2v) is 5.91. The first kappa shape index (κ1) is 15.0. The first-order chi connectivity index (χ1) is 8.07. The average molecular weight is 240 g/mol. The van der Waals surface area contributed by atoms with Gasteiger partial charge in [-0.15, -0.1) is 0 Å². The molecule has 1 saturated carbocycles. The van der Waals surface area contributed by atoms with E-state index in [9.17, 15) is 0 Å². The van der Waals surface area contributed by atoms with Crippen molar-refractivity contribution in [1.82, 2.24) is 10.2 Å². The standard InChI is InChI=1S/C15H32N2/c1-6-16-14(13-11-9-10-12-13)15(4,5)17(7-2)8-3/h13-14,16H,6-12H2,1-5H3. The van der Waals surface area contributed by atoms with Gasteiger partial charge in [0.15, 0.2) is 0 Å². The molecule has 0 aromatic rings. The summed E-state index contributed by atoms with van der Waals surface area (Å²) in [5.41, 5.74) is 0.272. The Balaban J connectivity index is 2.79. The number of nitrogens with one attached hydrogen (secondary N) is 1. The van der Waals surface area contributed by atoms with E-state index in [4.69, 9.17) is 0 Å². The Labute approximate surface area is 108 Å². The van der Waals surface area contributed by atoms with Crippen molar-refractivity contribution >= 4 is 0 Å². The van der Waals surface area contributed by atoms with Gasteiger partial charge in [0, 0.05) is 11.6 Å². The summed E-state index contributed by atoms with van der Waals surface area (Å²) in [4.78, 5) is 2.61. The minimum absolute atomic E-state index is 0.272. The number of hydrogen-bond donors (Lipinski definition) is 1. The van der Waals surface area contributed by atoms with Crippen LogP contribution in [0.25, 0.3) is 0 Å². The molecule has 0 amide bonds. The maximum atomic E-state index is 3.77. The molecule has 0 heterocycles. The zero-order valence-electron chi connectivity index (χ0n) is 12.6. The van der Waals surface area contributed by atoms with Crippen LogP contribution in [0.3, 0.4) is 0 Å². The molecule has 0 aromatic carbocycles. The number of rotatable bonds is 7. The van der Waals surface area contributed by atoms with Crippen molar-refractivity contribution < 1.29 is 0 Å². The van der Waals surface area contributed by atoms with E-state index in [1.165, 1.54) is 25.7 Å². The van der Waals surface area contributed by atoms with Crippen LogP contribution in [0.2, 0.25) is 0 Å². The first-order valence-corrected chi connectivity index (χ1v) is 7.56. The normalized spacial score (nSPS) is 20.1. The fraction of sp³-hybridized carbons (Fsp3) is 1.00. The van der Waals surface area contributed by atoms with E-state index in [1.807, 2.05) is 0 Å². The quantitative estimate of drug-likeness (QED) is 0.735. The van der Waals surface area contributed by atoms with Gasteiger partial charge in [-0.2, -0.15) is 0 Å². The predicted octanol–water partition coefficient (Wildman–Crippen LogP) is 3.28. The largest absolute Gasteiger partial charge is 0.312 e. The van der Waals surface area contributed by atoms with Crippen molar-refractivity contribution in [1.29, 1.82) is 0 Å². The van der Waals surface area contributed by atoms with Crippen LogP contribution in [0.4, 0.5) is 0 Å². The number of nitrogens with zero attached hydrogens (tertiary/aromatic N) is 1. The summed E-state index contributed by atoms with van der Waals surface area (Å²) in [6.07, 6.45) is 5.70. The van der Waals surface area contributed by atoms with Crippen LogP contribution in [-0.4, -0.2) is 36.1 Å². The lowest BCUT2D eigenvalue weighted by Gasteiger charge is -2.46. The average Bonchev–Trinajstić information content (AvgIpc) is 2.80. The summed E-state index contributed by atoms with van der Waals surface area (Å²) in [7, 11) is 0. The maximum absolute atomic E-state index is 3.77. The van der Waals surface area contributed by atoms with E-state index in [0.29, 0.717) is 6.04 Å². The van der Waals surface area contributed by atoms with E-state index in [-0.39, 0.29) is 5.54 Å². The molecule has 1 N–H and O–H groups in total. The number of hydrogen-bond acceptors (Lipinski definition) is 2. The molecule has 0 spiro atoms. The van der Waals surface area contributed by atoms with Crippen LogP contribution in [0.1, 0.15) is 60.3 Å². The fourth-order valence-electron chi connectivity index (χ4n) is 3.74. The molecule has 0 aliphatic heterocycles. The third-order valence-corrected chi connectivity index (χ3v) is 4.63. The molecular formula is C15H32N2. The van der Waals surface area contributed by atoms with E-state index in [1.54, 1.807) is 0 Å². The highest BCUT2D eigenvalue weighted by molar-refractivity contribution is 4.97. The first-order valence-electron chi connectivity index (χ1n) is 7.56. The fourth-order valence-corrected chi connectivity index (χ4v) is 3.74. The molecular weight excluding hydrogens is 208 g/mol. The molecule has 102 valence electrons. The van der Waals surface area contributed by atoms with E-state index < -0.39 is 0 Å². The van der Waals surface area contributed by atoms with Crippen molar-refractivity contribution in [3.05, 3.63) is 0 Å². The highest BCUT2D eigenvalue weighted by Gasteiger charge is 2.39. The van der Waals surface area contributed by atoms with Crippen molar-refractivity contribution in [2.24, 2.45) is 5.92 Å². The van der Waals surface area contributed by atoms with Gasteiger partial charge in [0.25, 0.3) is 0 Å². The van der Waals surface area contributed by atoms with E-state index in [2.05, 4.69) is 44.8 Å². The van der Waals surface area contributed by atoms with Gasteiger partial charge in [-0.1, -0.05) is 33.6 Å². The lowest BCUT2D eigenvalue weighted by Crippen LogP contribution is -2.60. The van der Waals surface area contributed by atoms with Gasteiger partial charge in [0.1, 0.15) is 0 Å². The van der Waals surface area contributed by atoms with Crippen molar-refractivity contribution in [2.75, 3.05) is 19.6 Å². The Morgan fingerprint density at radius 1 is 1.12 bits per heavy atom. The van der Waals surface area contributed by atoms with Crippen LogP contribution in [0.5, 0.6) is 0 Å². The number of likely N-dealkylation sites (N-methyl/N-ethyl adjacent to an activating group) is 2. The van der Waals surface area contributed by atoms with Gasteiger partial charge in [-0.05, 0) is 52.2 Å². The molecule has 0 radical (unpaired) electrons. The van der Waals surface area contributed by atoms with Gasteiger partial charge in [-0.25, -0.2) is 0 Å². The molecule has 1 aliphatic rings. The van der Waals surface area contributed by atoms with Crippen molar-refractivity contribution in [3.8, 4) is 0 Å². The lowest BCUT2D eigenvalue weighted by atomic mass is 9.81. The minimum Gasteiger partial charge on any atom is -0.312 e. The molecule has 1 aliphatic carbocycles. The molecule has 17 heavy (non-hydrogen) atoms. The van der Waals surface area contributed by atoms with Crippen LogP contribution >= 0.6 is 0 Å². The third-order valence-electron chi connectivity index (χ3n) is 4.63. The molecule has 1 rings (SSSR count). The summed E-state index contributed by atoms with van der Waals surface area (Å²) in [5.74, 6) is 0.880. The summed E-state index contributed by atoms with van der Waals surface area (Å²) in [5, 5.41) is 3.77. The molecule has 0 aromatic heterocycles. The van der Waals surface area contributed by atoms with E-state index >= 15 is 0 Å².